The molecular weight excluding hydrogens is 478 g/mol. The number of pyridine rings is 1. The number of fused-ring (bicyclic) bond motifs is 1. The summed E-state index contributed by atoms with van der Waals surface area (Å²) in [4.78, 5) is 63.4. The molecule has 2 aromatic heterocycles. The van der Waals surface area contributed by atoms with Crippen LogP contribution in [0.3, 0.4) is 0 Å². The topological polar surface area (TPSA) is 207 Å². The van der Waals surface area contributed by atoms with Gasteiger partial charge >= 0.3 is 18.0 Å². The number of aromatic amines is 1. The minimum atomic E-state index is -1.45. The zero-order valence-electron chi connectivity index (χ0n) is 18.0. The lowest BCUT2D eigenvalue weighted by atomic mass is 10.1. The first-order chi connectivity index (χ1) is 17.1. The maximum absolute atomic E-state index is 12.0. The molecule has 2 aromatic carbocycles. The Balaban J connectivity index is 1.54. The molecular formula is C22H15N5O9. The maximum Gasteiger partial charge on any atom is 0.412 e. The number of ether oxygens (including phenoxy) is 1. The molecule has 36 heavy (non-hydrogen) atoms. The smallest absolute Gasteiger partial charge is 0.412 e. The van der Waals surface area contributed by atoms with Gasteiger partial charge in [0.05, 0.1) is 28.0 Å². The summed E-state index contributed by atoms with van der Waals surface area (Å²) < 4.78 is 6.38. The number of nitro groups is 1. The first-order valence-corrected chi connectivity index (χ1v) is 10.0. The Morgan fingerprint density at radius 2 is 1.83 bits per heavy atom. The molecule has 0 spiro atoms. The fourth-order valence-electron chi connectivity index (χ4n) is 3.30. The van der Waals surface area contributed by atoms with Gasteiger partial charge in [0.2, 0.25) is 0 Å². The number of rotatable bonds is 7. The van der Waals surface area contributed by atoms with Crippen LogP contribution in [0.4, 0.5) is 16.2 Å². The van der Waals surface area contributed by atoms with E-state index in [1.807, 2.05) is 0 Å². The van der Waals surface area contributed by atoms with Crippen LogP contribution in [-0.4, -0.2) is 47.7 Å². The summed E-state index contributed by atoms with van der Waals surface area (Å²) in [6.45, 7) is -0.288. The van der Waals surface area contributed by atoms with E-state index in [0.717, 1.165) is 12.1 Å². The molecule has 4 aromatic rings. The van der Waals surface area contributed by atoms with Crippen molar-refractivity contribution in [3.63, 3.8) is 0 Å². The van der Waals surface area contributed by atoms with Crippen molar-refractivity contribution >= 4 is 40.3 Å². The number of nitrogens with one attached hydrogen (secondary N) is 2. The number of carboxylic acids is 2. The van der Waals surface area contributed by atoms with Crippen molar-refractivity contribution in [2.24, 2.45) is 0 Å². The maximum atomic E-state index is 12.0. The number of carbonyl (C=O) groups is 3. The van der Waals surface area contributed by atoms with Crippen LogP contribution in [0, 0.1) is 10.1 Å². The molecule has 0 fully saturated rings. The number of imidazole rings is 1. The minimum absolute atomic E-state index is 0.0395. The second-order valence-electron chi connectivity index (χ2n) is 7.36. The van der Waals surface area contributed by atoms with Crippen molar-refractivity contribution < 1.29 is 34.3 Å². The monoisotopic (exact) mass is 493 g/mol. The Hall–Kier alpha value is -5.53. The summed E-state index contributed by atoms with van der Waals surface area (Å²) in [6.07, 6.45) is 1.79. The van der Waals surface area contributed by atoms with Crippen LogP contribution in [0.25, 0.3) is 16.6 Å². The fourth-order valence-corrected chi connectivity index (χ4v) is 3.30. The zero-order valence-corrected chi connectivity index (χ0v) is 18.0. The van der Waals surface area contributed by atoms with Gasteiger partial charge in [0.1, 0.15) is 17.9 Å². The molecule has 0 atom stereocenters. The van der Waals surface area contributed by atoms with Crippen LogP contribution < -0.4 is 10.9 Å². The summed E-state index contributed by atoms with van der Waals surface area (Å²) in [5, 5.41) is 32.4. The number of benzene rings is 2. The molecule has 0 aliphatic rings. The van der Waals surface area contributed by atoms with E-state index in [2.05, 4.69) is 15.3 Å². The molecule has 2 heterocycles. The third kappa shape index (κ3) is 4.86. The number of carboxylic acid groups (broad SMARTS) is 2. The lowest BCUT2D eigenvalue weighted by Crippen LogP contribution is -2.17. The first-order valence-electron chi connectivity index (χ1n) is 10.0. The predicted molar refractivity (Wildman–Crippen MR) is 123 cm³/mol. The Bertz CT molecular complexity index is 1590. The Labute approximate surface area is 199 Å². The van der Waals surface area contributed by atoms with Gasteiger partial charge < -0.3 is 19.9 Å². The van der Waals surface area contributed by atoms with Gasteiger partial charge in [-0.1, -0.05) is 0 Å². The van der Waals surface area contributed by atoms with Gasteiger partial charge in [0, 0.05) is 23.3 Å². The average Bonchev–Trinajstić information content (AvgIpc) is 3.30. The van der Waals surface area contributed by atoms with E-state index in [1.54, 1.807) is 0 Å². The Morgan fingerprint density at radius 3 is 2.47 bits per heavy atom. The van der Waals surface area contributed by atoms with Crippen LogP contribution in [0.2, 0.25) is 0 Å². The molecule has 0 unspecified atom stereocenters. The van der Waals surface area contributed by atoms with Gasteiger partial charge in [-0.05, 0) is 36.4 Å². The second kappa shape index (κ2) is 9.38. The second-order valence-corrected chi connectivity index (χ2v) is 7.36. The van der Waals surface area contributed by atoms with Crippen LogP contribution in [0.1, 0.15) is 26.4 Å². The number of amides is 1. The molecule has 0 aliphatic carbocycles. The summed E-state index contributed by atoms with van der Waals surface area (Å²) in [5.41, 5.74) is -1.08. The molecule has 14 heteroatoms. The van der Waals surface area contributed by atoms with Crippen LogP contribution in [-0.2, 0) is 11.3 Å². The molecule has 14 nitrogen and oxygen atoms in total. The highest BCUT2D eigenvalue weighted by Gasteiger charge is 2.20. The minimum Gasteiger partial charge on any atom is -0.478 e. The zero-order chi connectivity index (χ0) is 26.0. The largest absolute Gasteiger partial charge is 0.478 e. The van der Waals surface area contributed by atoms with E-state index < -0.39 is 34.1 Å². The first kappa shape index (κ1) is 23.6. The third-order valence-corrected chi connectivity index (χ3v) is 5.01. The molecule has 0 saturated carbocycles. The number of carbonyl (C=O) groups excluding carboxylic acids is 1. The number of aromatic nitrogens is 3. The fraction of sp³-hybridized carbons (Fsp3) is 0.0455. The van der Waals surface area contributed by atoms with E-state index in [-0.39, 0.29) is 40.1 Å². The Kier molecular flexibility index (Phi) is 6.15. The number of hydrogen-bond acceptors (Lipinski definition) is 8. The van der Waals surface area contributed by atoms with Crippen molar-refractivity contribution in [3.05, 3.63) is 92.3 Å². The summed E-state index contributed by atoms with van der Waals surface area (Å²) in [5.74, 6) is -2.56. The molecule has 4 N–H and O–H groups in total. The van der Waals surface area contributed by atoms with Crippen molar-refractivity contribution in [1.82, 2.24) is 14.5 Å². The summed E-state index contributed by atoms with van der Waals surface area (Å²) >= 11 is 0. The standard InChI is InChI=1S/C22H15N5O9/c28-19-15(21(31)32)5-12-6-17(18(27(34)35)7-16(12)25-19)26-8-14(23-10-26)9-36-22(33)24-13-3-1-11(2-4-13)20(29)30/h1-8,10H,9H2,(H,24,33)(H,25,28)(H,29,30)(H,31,32). The SMILES string of the molecule is O=C(Nc1ccc(C(=O)O)cc1)OCc1cn(-c2cc3cc(C(=O)O)c(=O)[nH]c3cc2[N+](=O)[O-])cn1. The van der Waals surface area contributed by atoms with Crippen molar-refractivity contribution in [2.75, 3.05) is 5.32 Å². The molecule has 0 bridgehead atoms. The van der Waals surface area contributed by atoms with Gasteiger partial charge in [-0.2, -0.15) is 0 Å². The average molecular weight is 493 g/mol. The normalized spacial score (nSPS) is 10.7. The number of nitrogens with zero attached hydrogens (tertiary/aromatic N) is 3. The van der Waals surface area contributed by atoms with Gasteiger partial charge in [-0.15, -0.1) is 0 Å². The van der Waals surface area contributed by atoms with Crippen LogP contribution in [0.5, 0.6) is 0 Å². The van der Waals surface area contributed by atoms with Gasteiger partial charge in [0.25, 0.3) is 11.2 Å². The van der Waals surface area contributed by atoms with E-state index in [9.17, 15) is 34.4 Å². The van der Waals surface area contributed by atoms with E-state index in [4.69, 9.17) is 9.84 Å². The number of hydrogen-bond donors (Lipinski definition) is 4. The molecule has 0 aliphatic heterocycles. The van der Waals surface area contributed by atoms with Gasteiger partial charge in [0.15, 0.2) is 0 Å². The number of nitro benzene ring substituents is 1. The highest BCUT2D eigenvalue weighted by Crippen LogP contribution is 2.28. The predicted octanol–water partition coefficient (Wildman–Crippen LogP) is 2.77. The van der Waals surface area contributed by atoms with Crippen molar-refractivity contribution in [3.8, 4) is 5.69 Å². The van der Waals surface area contributed by atoms with E-state index in [0.29, 0.717) is 5.69 Å². The lowest BCUT2D eigenvalue weighted by Gasteiger charge is -2.07. The van der Waals surface area contributed by atoms with Crippen molar-refractivity contribution in [1.29, 1.82) is 0 Å². The number of anilines is 1. The number of H-pyrrole nitrogens is 1. The van der Waals surface area contributed by atoms with Gasteiger partial charge in [-0.25, -0.2) is 19.4 Å². The Morgan fingerprint density at radius 1 is 1.11 bits per heavy atom. The summed E-state index contributed by atoms with van der Waals surface area (Å²) in [6, 6.07) is 8.95. The lowest BCUT2D eigenvalue weighted by molar-refractivity contribution is -0.384. The number of aromatic carboxylic acids is 2. The van der Waals surface area contributed by atoms with Crippen LogP contribution in [0.15, 0.2) is 59.8 Å². The van der Waals surface area contributed by atoms with Gasteiger partial charge in [-0.3, -0.25) is 24.8 Å². The third-order valence-electron chi connectivity index (χ3n) is 5.01. The molecule has 0 radical (unpaired) electrons. The van der Waals surface area contributed by atoms with E-state index >= 15 is 0 Å². The quantitative estimate of drug-likeness (QED) is 0.219. The molecule has 1 amide bonds. The molecule has 4 rings (SSSR count). The van der Waals surface area contributed by atoms with Crippen LogP contribution >= 0.6 is 0 Å². The molecule has 182 valence electrons. The van der Waals surface area contributed by atoms with Crippen molar-refractivity contribution in [2.45, 2.75) is 6.61 Å². The highest BCUT2D eigenvalue weighted by atomic mass is 16.6. The van der Waals surface area contributed by atoms with E-state index in [1.165, 1.54) is 47.4 Å². The molecule has 0 saturated heterocycles. The summed E-state index contributed by atoms with van der Waals surface area (Å²) in [7, 11) is 0. The highest BCUT2D eigenvalue weighted by molar-refractivity contribution is 5.94.